The van der Waals surface area contributed by atoms with Gasteiger partial charge in [0.05, 0.1) is 0 Å². The monoisotopic (exact) mass is 337 g/mol. The zero-order chi connectivity index (χ0) is 18.1. The number of rotatable bonds is 1. The molecule has 2 nitrogen and oxygen atoms in total. The van der Waals surface area contributed by atoms with Gasteiger partial charge in [-0.05, 0) is 30.7 Å². The number of nitrogens with zero attached hydrogens (tertiary/aromatic N) is 1. The molecule has 1 aliphatic rings. The molecule has 0 aliphatic carbocycles. The first-order valence-electron chi connectivity index (χ1n) is 8.66. The van der Waals surface area contributed by atoms with Crippen molar-refractivity contribution in [1.82, 2.24) is 0 Å². The molecule has 2 heteroatoms. The third-order valence-electron chi connectivity index (χ3n) is 4.95. The molecule has 126 valence electrons. The minimum absolute atomic E-state index is 0.00835. The Morgan fingerprint density at radius 1 is 0.846 bits per heavy atom. The summed E-state index contributed by atoms with van der Waals surface area (Å²) in [5.74, 6) is 6.57. The van der Waals surface area contributed by atoms with Crippen LogP contribution in [0, 0.1) is 18.8 Å². The molecule has 3 aromatic rings. The maximum Gasteiger partial charge on any atom is 0.254 e. The zero-order valence-corrected chi connectivity index (χ0v) is 14.9. The molecule has 1 heterocycles. The van der Waals surface area contributed by atoms with Crippen molar-refractivity contribution in [1.29, 1.82) is 0 Å². The quantitative estimate of drug-likeness (QED) is 0.606. The summed E-state index contributed by atoms with van der Waals surface area (Å²) < 4.78 is 0. The van der Waals surface area contributed by atoms with Gasteiger partial charge in [-0.3, -0.25) is 4.79 Å². The Morgan fingerprint density at radius 3 is 2.23 bits per heavy atom. The fourth-order valence-corrected chi connectivity index (χ4v) is 3.52. The van der Waals surface area contributed by atoms with E-state index in [9.17, 15) is 4.79 Å². The predicted octanol–water partition coefficient (Wildman–Crippen LogP) is 4.31. The zero-order valence-electron chi connectivity index (χ0n) is 14.9. The second-order valence-corrected chi connectivity index (χ2v) is 6.61. The van der Waals surface area contributed by atoms with Crippen LogP contribution in [0.1, 0.15) is 22.3 Å². The van der Waals surface area contributed by atoms with Crippen LogP contribution in [0.3, 0.4) is 0 Å². The summed E-state index contributed by atoms with van der Waals surface area (Å²) >= 11 is 0. The normalized spacial score (nSPS) is 18.2. The van der Waals surface area contributed by atoms with Crippen molar-refractivity contribution in [2.45, 2.75) is 12.3 Å². The molecule has 4 rings (SSSR count). The van der Waals surface area contributed by atoms with Crippen molar-refractivity contribution in [3.8, 4) is 11.8 Å². The van der Waals surface area contributed by atoms with Gasteiger partial charge < -0.3 is 4.90 Å². The smallest absolute Gasteiger partial charge is 0.254 e. The highest BCUT2D eigenvalue weighted by Crippen LogP contribution is 2.45. The molecular weight excluding hydrogens is 318 g/mol. The topological polar surface area (TPSA) is 20.3 Å². The number of likely N-dealkylation sites (N-methyl/N-ethyl adjacent to an activating group) is 1. The van der Waals surface area contributed by atoms with E-state index in [2.05, 4.69) is 11.8 Å². The molecule has 1 atom stereocenters. The Kier molecular flexibility index (Phi) is 3.86. The van der Waals surface area contributed by atoms with Crippen LogP contribution in [0.5, 0.6) is 0 Å². The third-order valence-corrected chi connectivity index (χ3v) is 4.95. The van der Waals surface area contributed by atoms with Crippen LogP contribution in [0.4, 0.5) is 5.69 Å². The first-order chi connectivity index (χ1) is 12.6. The van der Waals surface area contributed by atoms with Crippen LogP contribution in [0.25, 0.3) is 0 Å². The molecule has 0 unspecified atom stereocenters. The standard InChI is InChI=1S/C24H19NO/c1-18-12-14-20(15-13-18)24(17-16-19-8-4-3-5-9-19)21-10-6-7-11-22(21)25(2)23(24)26/h3-15H,1-2H3/t24-/m0/s1. The Bertz CT molecular complexity index is 1030. The molecule has 0 aromatic heterocycles. The summed E-state index contributed by atoms with van der Waals surface area (Å²) in [6.45, 7) is 2.04. The van der Waals surface area contributed by atoms with Gasteiger partial charge >= 0.3 is 0 Å². The van der Waals surface area contributed by atoms with E-state index in [4.69, 9.17) is 0 Å². The van der Waals surface area contributed by atoms with Crippen molar-refractivity contribution in [3.05, 3.63) is 101 Å². The van der Waals surface area contributed by atoms with Crippen LogP contribution in [-0.2, 0) is 10.2 Å². The SMILES string of the molecule is Cc1ccc([C@]2(C#Cc3ccccc3)C(=O)N(C)c3ccccc32)cc1. The van der Waals surface area contributed by atoms with Gasteiger partial charge in [0, 0.05) is 23.9 Å². The van der Waals surface area contributed by atoms with E-state index in [1.54, 1.807) is 4.90 Å². The lowest BCUT2D eigenvalue weighted by Gasteiger charge is -2.23. The molecule has 0 bridgehead atoms. The Morgan fingerprint density at radius 2 is 1.50 bits per heavy atom. The minimum Gasteiger partial charge on any atom is -0.313 e. The Balaban J connectivity index is 1.99. The Labute approximate surface area is 154 Å². The van der Waals surface area contributed by atoms with Crippen molar-refractivity contribution in [2.75, 3.05) is 11.9 Å². The first kappa shape index (κ1) is 16.2. The van der Waals surface area contributed by atoms with Crippen molar-refractivity contribution >= 4 is 11.6 Å². The third kappa shape index (κ3) is 2.41. The lowest BCUT2D eigenvalue weighted by Crippen LogP contribution is -2.38. The van der Waals surface area contributed by atoms with E-state index in [-0.39, 0.29) is 5.91 Å². The van der Waals surface area contributed by atoms with Gasteiger partial charge in [0.15, 0.2) is 5.41 Å². The molecule has 0 saturated carbocycles. The van der Waals surface area contributed by atoms with E-state index in [0.717, 1.165) is 27.9 Å². The number of fused-ring (bicyclic) bond motifs is 1. The van der Waals surface area contributed by atoms with Crippen molar-refractivity contribution < 1.29 is 4.79 Å². The van der Waals surface area contributed by atoms with Crippen LogP contribution < -0.4 is 4.90 Å². The Hall–Kier alpha value is -3.31. The molecule has 3 aromatic carbocycles. The summed E-state index contributed by atoms with van der Waals surface area (Å²) in [7, 11) is 1.82. The molecule has 0 spiro atoms. The number of benzene rings is 3. The highest BCUT2D eigenvalue weighted by atomic mass is 16.2. The van der Waals surface area contributed by atoms with Gasteiger partial charge in [-0.15, -0.1) is 0 Å². The maximum atomic E-state index is 13.4. The number of hydrogen-bond donors (Lipinski definition) is 0. The number of amides is 1. The number of hydrogen-bond acceptors (Lipinski definition) is 1. The lowest BCUT2D eigenvalue weighted by atomic mass is 9.75. The molecular formula is C24H19NO. The van der Waals surface area contributed by atoms with E-state index >= 15 is 0 Å². The second kappa shape index (κ2) is 6.20. The maximum absolute atomic E-state index is 13.4. The summed E-state index contributed by atoms with van der Waals surface area (Å²) in [5.41, 5.74) is 3.86. The average molecular weight is 337 g/mol. The van der Waals surface area contributed by atoms with Gasteiger partial charge in [0.2, 0.25) is 0 Å². The van der Waals surface area contributed by atoms with E-state index in [1.807, 2.05) is 92.8 Å². The summed E-state index contributed by atoms with van der Waals surface area (Å²) in [6, 6.07) is 25.8. The number of aryl methyl sites for hydroxylation is 1. The number of para-hydroxylation sites is 1. The molecule has 0 N–H and O–H groups in total. The van der Waals surface area contributed by atoms with Crippen molar-refractivity contribution in [2.24, 2.45) is 0 Å². The van der Waals surface area contributed by atoms with E-state index in [1.165, 1.54) is 0 Å². The number of carbonyl (C=O) groups excluding carboxylic acids is 1. The van der Waals surface area contributed by atoms with Crippen LogP contribution in [-0.4, -0.2) is 13.0 Å². The van der Waals surface area contributed by atoms with Gasteiger partial charge in [-0.1, -0.05) is 78.1 Å². The van der Waals surface area contributed by atoms with Gasteiger partial charge in [0.25, 0.3) is 5.91 Å². The van der Waals surface area contributed by atoms with Crippen LogP contribution in [0.2, 0.25) is 0 Å². The van der Waals surface area contributed by atoms with Gasteiger partial charge in [-0.25, -0.2) is 0 Å². The summed E-state index contributed by atoms with van der Waals surface area (Å²) in [6.07, 6.45) is 0. The largest absolute Gasteiger partial charge is 0.313 e. The van der Waals surface area contributed by atoms with Crippen LogP contribution >= 0.6 is 0 Å². The van der Waals surface area contributed by atoms with Crippen molar-refractivity contribution in [3.63, 3.8) is 0 Å². The second-order valence-electron chi connectivity index (χ2n) is 6.61. The summed E-state index contributed by atoms with van der Waals surface area (Å²) in [4.78, 5) is 15.1. The predicted molar refractivity (Wildman–Crippen MR) is 105 cm³/mol. The molecule has 1 amide bonds. The molecule has 1 aliphatic heterocycles. The minimum atomic E-state index is -0.977. The summed E-state index contributed by atoms with van der Waals surface area (Å²) in [5, 5.41) is 0. The molecule has 26 heavy (non-hydrogen) atoms. The fraction of sp³-hybridized carbons (Fsp3) is 0.125. The van der Waals surface area contributed by atoms with E-state index < -0.39 is 5.41 Å². The van der Waals surface area contributed by atoms with E-state index in [0.29, 0.717) is 0 Å². The van der Waals surface area contributed by atoms with Crippen LogP contribution in [0.15, 0.2) is 78.9 Å². The highest BCUT2D eigenvalue weighted by Gasteiger charge is 2.50. The molecule has 0 fully saturated rings. The fourth-order valence-electron chi connectivity index (χ4n) is 3.52. The number of carbonyl (C=O) groups is 1. The molecule has 0 saturated heterocycles. The lowest BCUT2D eigenvalue weighted by molar-refractivity contribution is -0.120. The molecule has 0 radical (unpaired) electrons. The van der Waals surface area contributed by atoms with Gasteiger partial charge in [-0.2, -0.15) is 0 Å². The average Bonchev–Trinajstić information content (AvgIpc) is 2.90. The van der Waals surface area contributed by atoms with Gasteiger partial charge in [0.1, 0.15) is 0 Å². The highest BCUT2D eigenvalue weighted by molar-refractivity contribution is 6.12. The first-order valence-corrected chi connectivity index (χ1v) is 8.66. The number of anilines is 1.